The monoisotopic (exact) mass is 215 g/mol. The maximum atomic E-state index is 13.1. The van der Waals surface area contributed by atoms with Crippen LogP contribution in [0.25, 0.3) is 0 Å². The zero-order valence-corrected chi connectivity index (χ0v) is 7.57. The maximum absolute atomic E-state index is 13.1. The van der Waals surface area contributed by atoms with Gasteiger partial charge in [-0.05, 0) is 6.07 Å². The first-order valence-electron chi connectivity index (χ1n) is 4.32. The smallest absolute Gasteiger partial charge is 0.250 e. The largest absolute Gasteiger partial charge is 0.483 e. The number of nitrogens with zero attached hydrogens (tertiary/aromatic N) is 1. The van der Waals surface area contributed by atoms with Crippen molar-refractivity contribution in [2.75, 3.05) is 6.61 Å². The highest BCUT2D eigenvalue weighted by Crippen LogP contribution is 2.29. The molecule has 1 unspecified atom stereocenters. The van der Waals surface area contributed by atoms with Crippen molar-refractivity contribution in [3.63, 3.8) is 0 Å². The Morgan fingerprint density at radius 3 is 2.87 bits per heavy atom. The van der Waals surface area contributed by atoms with Crippen LogP contribution in [0.1, 0.15) is 5.56 Å². The van der Waals surface area contributed by atoms with Crippen LogP contribution in [-0.2, 0) is 6.42 Å². The lowest BCUT2D eigenvalue weighted by atomic mass is 10.0. The van der Waals surface area contributed by atoms with Gasteiger partial charge in [-0.25, -0.2) is 8.78 Å². The van der Waals surface area contributed by atoms with Crippen LogP contribution in [0.2, 0.25) is 0 Å². The Hall–Kier alpha value is -1.72. The molecule has 0 aromatic heterocycles. The number of nitro groups is 1. The molecule has 0 aliphatic carbocycles. The summed E-state index contributed by atoms with van der Waals surface area (Å²) in [6, 6.07) is 0.832. The third kappa shape index (κ3) is 1.74. The van der Waals surface area contributed by atoms with E-state index >= 15 is 0 Å². The molecule has 1 heterocycles. The molecule has 4 nitrogen and oxygen atoms in total. The second-order valence-corrected chi connectivity index (χ2v) is 3.33. The summed E-state index contributed by atoms with van der Waals surface area (Å²) in [6.07, 6.45) is -0.00296. The van der Waals surface area contributed by atoms with E-state index in [0.29, 0.717) is 6.07 Å². The van der Waals surface area contributed by atoms with E-state index in [0.717, 1.165) is 6.07 Å². The molecule has 0 bridgehead atoms. The normalized spacial score (nSPS) is 19.2. The van der Waals surface area contributed by atoms with E-state index in [1.54, 1.807) is 0 Å². The zero-order valence-electron chi connectivity index (χ0n) is 7.57. The number of hydrogen-bond donors (Lipinski definition) is 0. The molecule has 0 saturated heterocycles. The molecule has 1 atom stereocenters. The van der Waals surface area contributed by atoms with Crippen molar-refractivity contribution in [3.8, 4) is 5.75 Å². The van der Waals surface area contributed by atoms with Crippen LogP contribution in [0.4, 0.5) is 8.78 Å². The van der Waals surface area contributed by atoms with E-state index in [9.17, 15) is 18.9 Å². The van der Waals surface area contributed by atoms with Gasteiger partial charge in [-0.3, -0.25) is 10.1 Å². The third-order valence-electron chi connectivity index (χ3n) is 2.26. The molecule has 6 heteroatoms. The molecule has 0 fully saturated rings. The minimum Gasteiger partial charge on any atom is -0.483 e. The minimum atomic E-state index is -0.932. The molecule has 1 aliphatic rings. The van der Waals surface area contributed by atoms with Gasteiger partial charge in [0.2, 0.25) is 0 Å². The zero-order chi connectivity index (χ0) is 11.0. The van der Waals surface area contributed by atoms with Crippen LogP contribution in [0.15, 0.2) is 12.1 Å². The van der Waals surface area contributed by atoms with Gasteiger partial charge in [0.05, 0.1) is 0 Å². The molecule has 0 amide bonds. The average molecular weight is 215 g/mol. The third-order valence-corrected chi connectivity index (χ3v) is 2.26. The quantitative estimate of drug-likeness (QED) is 0.527. The first-order valence-corrected chi connectivity index (χ1v) is 4.32. The predicted octanol–water partition coefficient (Wildman–Crippen LogP) is 1.54. The Kier molecular flexibility index (Phi) is 2.26. The number of rotatable bonds is 1. The number of hydrogen-bond acceptors (Lipinski definition) is 3. The van der Waals surface area contributed by atoms with Crippen LogP contribution >= 0.6 is 0 Å². The SMILES string of the molecule is O=[N+]([O-])C1COc2c(F)cc(F)cc2C1. The maximum Gasteiger partial charge on any atom is 0.250 e. The Bertz CT molecular complexity index is 422. The summed E-state index contributed by atoms with van der Waals surface area (Å²) in [5.41, 5.74) is 0.209. The van der Waals surface area contributed by atoms with Gasteiger partial charge in [0.25, 0.3) is 6.04 Å². The van der Waals surface area contributed by atoms with Crippen LogP contribution in [0, 0.1) is 21.7 Å². The first kappa shape index (κ1) is 9.82. The lowest BCUT2D eigenvalue weighted by Gasteiger charge is -2.20. The van der Waals surface area contributed by atoms with Crippen molar-refractivity contribution in [2.24, 2.45) is 0 Å². The molecular weight excluding hydrogens is 208 g/mol. The lowest BCUT2D eigenvalue weighted by Crippen LogP contribution is -2.33. The summed E-state index contributed by atoms with van der Waals surface area (Å²) in [4.78, 5) is 9.96. The minimum absolute atomic E-state index is 0.00296. The molecular formula is C9H7F2NO3. The lowest BCUT2D eigenvalue weighted by molar-refractivity contribution is -0.525. The van der Waals surface area contributed by atoms with E-state index in [1.165, 1.54) is 0 Å². The number of benzene rings is 1. The van der Waals surface area contributed by atoms with Crippen molar-refractivity contribution in [1.29, 1.82) is 0 Å². The van der Waals surface area contributed by atoms with Crippen molar-refractivity contribution >= 4 is 0 Å². The summed E-state index contributed by atoms with van der Waals surface area (Å²) >= 11 is 0. The molecule has 15 heavy (non-hydrogen) atoms. The van der Waals surface area contributed by atoms with Crippen LogP contribution in [-0.4, -0.2) is 17.6 Å². The highest BCUT2D eigenvalue weighted by atomic mass is 19.1. The summed E-state index contributed by atoms with van der Waals surface area (Å²) in [6.45, 7) is -0.178. The molecule has 0 N–H and O–H groups in total. The Morgan fingerprint density at radius 2 is 2.20 bits per heavy atom. The fraction of sp³-hybridized carbons (Fsp3) is 0.333. The van der Waals surface area contributed by atoms with Gasteiger partial charge in [-0.2, -0.15) is 0 Å². The Labute approximate surface area is 83.6 Å². The van der Waals surface area contributed by atoms with Crippen LogP contribution in [0.5, 0.6) is 5.75 Å². The van der Waals surface area contributed by atoms with E-state index in [2.05, 4.69) is 0 Å². The standard InChI is InChI=1S/C9H7F2NO3/c10-6-1-5-2-7(12(13)14)4-15-9(5)8(11)3-6/h1,3,7H,2,4H2. The molecule has 0 spiro atoms. The van der Waals surface area contributed by atoms with Crippen molar-refractivity contribution < 1.29 is 18.4 Å². The molecule has 2 rings (SSSR count). The molecule has 0 radical (unpaired) electrons. The second kappa shape index (κ2) is 3.45. The number of ether oxygens (including phenoxy) is 1. The van der Waals surface area contributed by atoms with E-state index in [4.69, 9.17) is 4.74 Å². The van der Waals surface area contributed by atoms with Gasteiger partial charge in [-0.1, -0.05) is 0 Å². The second-order valence-electron chi connectivity index (χ2n) is 3.33. The summed E-state index contributed by atoms with van der Waals surface area (Å²) in [5.74, 6) is -1.64. The Morgan fingerprint density at radius 1 is 1.47 bits per heavy atom. The molecule has 1 aromatic rings. The molecule has 80 valence electrons. The predicted molar refractivity (Wildman–Crippen MR) is 46.3 cm³/mol. The number of fused-ring (bicyclic) bond motifs is 1. The number of halogens is 2. The van der Waals surface area contributed by atoms with Gasteiger partial charge >= 0.3 is 0 Å². The van der Waals surface area contributed by atoms with Crippen LogP contribution < -0.4 is 4.74 Å². The van der Waals surface area contributed by atoms with Crippen molar-refractivity contribution in [2.45, 2.75) is 12.5 Å². The molecule has 1 aromatic carbocycles. The Balaban J connectivity index is 2.37. The highest BCUT2D eigenvalue weighted by molar-refractivity contribution is 5.37. The molecule has 0 saturated carbocycles. The van der Waals surface area contributed by atoms with Gasteiger partial charge in [-0.15, -0.1) is 0 Å². The van der Waals surface area contributed by atoms with Gasteiger partial charge in [0.15, 0.2) is 18.2 Å². The van der Waals surface area contributed by atoms with Gasteiger partial charge in [0.1, 0.15) is 5.82 Å². The van der Waals surface area contributed by atoms with E-state index in [-0.39, 0.29) is 24.3 Å². The van der Waals surface area contributed by atoms with Gasteiger partial charge in [0, 0.05) is 23.0 Å². The average Bonchev–Trinajstić information content (AvgIpc) is 2.16. The first-order chi connectivity index (χ1) is 7.08. The van der Waals surface area contributed by atoms with E-state index < -0.39 is 22.6 Å². The van der Waals surface area contributed by atoms with E-state index in [1.807, 2.05) is 0 Å². The van der Waals surface area contributed by atoms with Crippen molar-refractivity contribution in [3.05, 3.63) is 39.4 Å². The van der Waals surface area contributed by atoms with Crippen LogP contribution in [0.3, 0.4) is 0 Å². The summed E-state index contributed by atoms with van der Waals surface area (Å²) in [7, 11) is 0. The molecule has 1 aliphatic heterocycles. The fourth-order valence-electron chi connectivity index (χ4n) is 1.55. The highest BCUT2D eigenvalue weighted by Gasteiger charge is 2.30. The fourth-order valence-corrected chi connectivity index (χ4v) is 1.55. The summed E-state index contributed by atoms with van der Waals surface area (Å²) < 4.78 is 30.8. The summed E-state index contributed by atoms with van der Waals surface area (Å²) in [5, 5.41) is 10.5. The topological polar surface area (TPSA) is 52.4 Å². The van der Waals surface area contributed by atoms with Crippen molar-refractivity contribution in [1.82, 2.24) is 0 Å². The van der Waals surface area contributed by atoms with Gasteiger partial charge < -0.3 is 4.74 Å².